The number of amides is 1. The fraction of sp³-hybridized carbons (Fsp3) is 0.333. The number of nitrogens with one attached hydrogen (secondary N) is 1. The fourth-order valence-corrected chi connectivity index (χ4v) is 3.38. The van der Waals surface area contributed by atoms with Crippen LogP contribution in [0.4, 0.5) is 0 Å². The Kier molecular flexibility index (Phi) is 3.41. The van der Waals surface area contributed by atoms with Gasteiger partial charge in [0, 0.05) is 12.4 Å². The molecule has 1 amide bonds. The Morgan fingerprint density at radius 3 is 3.04 bits per heavy atom. The minimum Gasteiger partial charge on any atom is -0.463 e. The lowest BCUT2D eigenvalue weighted by Crippen LogP contribution is -2.24. The maximum Gasteiger partial charge on any atom is 0.255 e. The lowest BCUT2D eigenvalue weighted by Gasteiger charge is -2.12. The number of rotatable bonds is 3. The number of hydrogen-bond acceptors (Lipinski definition) is 3. The minimum atomic E-state index is -0.110. The van der Waals surface area contributed by atoms with E-state index in [1.807, 2.05) is 36.0 Å². The second-order valence-corrected chi connectivity index (χ2v) is 6.03. The molecule has 1 N–H and O–H groups in total. The van der Waals surface area contributed by atoms with Crippen LogP contribution in [0, 0.1) is 0 Å². The molecule has 0 atom stereocenters. The maximum atomic E-state index is 12.5. The first-order chi connectivity index (χ1) is 11.2. The van der Waals surface area contributed by atoms with Crippen molar-refractivity contribution in [2.75, 3.05) is 0 Å². The number of furan rings is 1. The third-order valence-electron chi connectivity index (χ3n) is 4.59. The van der Waals surface area contributed by atoms with Crippen molar-refractivity contribution in [3.05, 3.63) is 53.0 Å². The van der Waals surface area contributed by atoms with Crippen molar-refractivity contribution in [2.45, 2.75) is 32.2 Å². The molecule has 2 aromatic heterocycles. The normalized spacial score (nSPS) is 14.0. The average molecular weight is 309 g/mol. The summed E-state index contributed by atoms with van der Waals surface area (Å²) in [5.41, 5.74) is 4.93. The molecule has 1 aliphatic rings. The highest BCUT2D eigenvalue weighted by Gasteiger charge is 2.20. The summed E-state index contributed by atoms with van der Waals surface area (Å²) in [6.07, 6.45) is 6.04. The van der Waals surface area contributed by atoms with Gasteiger partial charge in [0.2, 0.25) is 0 Å². The van der Waals surface area contributed by atoms with Crippen LogP contribution in [-0.2, 0) is 26.4 Å². The summed E-state index contributed by atoms with van der Waals surface area (Å²) in [4.78, 5) is 12.5. The van der Waals surface area contributed by atoms with Crippen molar-refractivity contribution < 1.29 is 9.21 Å². The second kappa shape index (κ2) is 5.57. The van der Waals surface area contributed by atoms with E-state index in [0.29, 0.717) is 12.1 Å². The molecular weight excluding hydrogens is 290 g/mol. The molecule has 1 aromatic carbocycles. The zero-order chi connectivity index (χ0) is 15.8. The van der Waals surface area contributed by atoms with Crippen LogP contribution in [0.3, 0.4) is 0 Å². The Morgan fingerprint density at radius 2 is 2.13 bits per heavy atom. The first kappa shape index (κ1) is 14.1. The van der Waals surface area contributed by atoms with Gasteiger partial charge >= 0.3 is 0 Å². The summed E-state index contributed by atoms with van der Waals surface area (Å²) < 4.78 is 7.35. The highest BCUT2D eigenvalue weighted by Crippen LogP contribution is 2.24. The molecule has 0 radical (unpaired) electrons. The molecule has 5 heteroatoms. The molecule has 0 saturated heterocycles. The van der Waals surface area contributed by atoms with Crippen LogP contribution in [0.2, 0.25) is 0 Å². The van der Waals surface area contributed by atoms with Crippen molar-refractivity contribution in [3.8, 4) is 0 Å². The Balaban J connectivity index is 1.55. The predicted molar refractivity (Wildman–Crippen MR) is 87.2 cm³/mol. The average Bonchev–Trinajstić information content (AvgIpc) is 3.13. The number of aryl methyl sites for hydroxylation is 2. The van der Waals surface area contributed by atoms with Gasteiger partial charge in [0.05, 0.1) is 23.5 Å². The smallest absolute Gasteiger partial charge is 0.255 e. The Morgan fingerprint density at radius 1 is 1.30 bits per heavy atom. The van der Waals surface area contributed by atoms with E-state index < -0.39 is 0 Å². The third-order valence-corrected chi connectivity index (χ3v) is 4.59. The summed E-state index contributed by atoms with van der Waals surface area (Å²) in [6, 6.07) is 7.57. The molecule has 4 rings (SSSR count). The van der Waals surface area contributed by atoms with Crippen molar-refractivity contribution in [1.82, 2.24) is 15.1 Å². The van der Waals surface area contributed by atoms with E-state index in [2.05, 4.69) is 10.4 Å². The highest BCUT2D eigenvalue weighted by molar-refractivity contribution is 6.05. The van der Waals surface area contributed by atoms with Gasteiger partial charge < -0.3 is 9.73 Å². The first-order valence-corrected chi connectivity index (χ1v) is 8.02. The zero-order valence-corrected chi connectivity index (χ0v) is 13.1. The number of fused-ring (bicyclic) bond motifs is 2. The first-order valence-electron chi connectivity index (χ1n) is 8.02. The van der Waals surface area contributed by atoms with Crippen LogP contribution in [0.25, 0.3) is 11.0 Å². The van der Waals surface area contributed by atoms with Crippen molar-refractivity contribution >= 4 is 16.9 Å². The number of nitrogens with zero attached hydrogens (tertiary/aromatic N) is 2. The summed E-state index contributed by atoms with van der Waals surface area (Å²) in [5.74, 6) is -0.110. The molecule has 0 aliphatic heterocycles. The van der Waals surface area contributed by atoms with Gasteiger partial charge in [-0.25, -0.2) is 0 Å². The molecular formula is C18H19N3O2. The van der Waals surface area contributed by atoms with Gasteiger partial charge in [0.1, 0.15) is 11.8 Å². The Labute approximate surface area is 134 Å². The van der Waals surface area contributed by atoms with Crippen molar-refractivity contribution in [2.24, 2.45) is 7.05 Å². The van der Waals surface area contributed by atoms with Crippen LogP contribution >= 0.6 is 0 Å². The number of para-hydroxylation sites is 1. The van der Waals surface area contributed by atoms with Gasteiger partial charge in [-0.15, -0.1) is 0 Å². The van der Waals surface area contributed by atoms with E-state index in [-0.39, 0.29) is 5.91 Å². The van der Waals surface area contributed by atoms with E-state index >= 15 is 0 Å². The van der Waals surface area contributed by atoms with Crippen molar-refractivity contribution in [1.29, 1.82) is 0 Å². The molecule has 0 bridgehead atoms. The van der Waals surface area contributed by atoms with E-state index in [4.69, 9.17) is 4.42 Å². The molecule has 0 unspecified atom stereocenters. The summed E-state index contributed by atoms with van der Waals surface area (Å²) in [7, 11) is 1.95. The molecule has 23 heavy (non-hydrogen) atoms. The zero-order valence-electron chi connectivity index (χ0n) is 13.1. The van der Waals surface area contributed by atoms with Gasteiger partial charge in [-0.3, -0.25) is 9.48 Å². The monoisotopic (exact) mass is 309 g/mol. The third kappa shape index (κ3) is 2.42. The Hall–Kier alpha value is -2.56. The van der Waals surface area contributed by atoms with Crippen LogP contribution in [0.15, 0.2) is 34.9 Å². The number of carbonyl (C=O) groups excluding carboxylic acids is 1. The largest absolute Gasteiger partial charge is 0.463 e. The summed E-state index contributed by atoms with van der Waals surface area (Å²) in [6.45, 7) is 0.497. The van der Waals surface area contributed by atoms with Crippen LogP contribution < -0.4 is 5.32 Å². The Bertz CT molecular complexity index is 876. The van der Waals surface area contributed by atoms with Gasteiger partial charge in [0.25, 0.3) is 5.91 Å². The molecule has 3 aromatic rings. The molecule has 118 valence electrons. The lowest BCUT2D eigenvalue weighted by atomic mass is 9.96. The number of aromatic nitrogens is 2. The SMILES string of the molecule is Cn1nc2c(c1CNC(=O)c1coc3ccccc13)CCCC2. The second-order valence-electron chi connectivity index (χ2n) is 6.03. The van der Waals surface area contributed by atoms with Gasteiger partial charge in [-0.1, -0.05) is 18.2 Å². The summed E-state index contributed by atoms with van der Waals surface area (Å²) in [5, 5.41) is 8.44. The van der Waals surface area contributed by atoms with Gasteiger partial charge in [-0.2, -0.15) is 5.10 Å². The van der Waals surface area contributed by atoms with Gasteiger partial charge in [0.15, 0.2) is 0 Å². The highest BCUT2D eigenvalue weighted by atomic mass is 16.3. The van der Waals surface area contributed by atoms with Crippen molar-refractivity contribution in [3.63, 3.8) is 0 Å². The van der Waals surface area contributed by atoms with E-state index in [0.717, 1.165) is 29.5 Å². The maximum absolute atomic E-state index is 12.5. The molecule has 0 fully saturated rings. The quantitative estimate of drug-likeness (QED) is 0.809. The summed E-state index contributed by atoms with van der Waals surface area (Å²) >= 11 is 0. The fourth-order valence-electron chi connectivity index (χ4n) is 3.38. The molecule has 5 nitrogen and oxygen atoms in total. The minimum absolute atomic E-state index is 0.110. The predicted octanol–water partition coefficient (Wildman–Crippen LogP) is 2.98. The topological polar surface area (TPSA) is 60.1 Å². The number of carbonyl (C=O) groups is 1. The molecule has 1 aliphatic carbocycles. The van der Waals surface area contributed by atoms with Crippen LogP contribution in [0.5, 0.6) is 0 Å². The van der Waals surface area contributed by atoms with E-state index in [9.17, 15) is 4.79 Å². The van der Waals surface area contributed by atoms with Gasteiger partial charge in [-0.05, 0) is 37.3 Å². The molecule has 0 saturated carbocycles. The number of benzene rings is 1. The van der Waals surface area contributed by atoms with Crippen LogP contribution in [-0.4, -0.2) is 15.7 Å². The standard InChI is InChI=1S/C18H19N3O2/c1-21-16(13-7-2-4-8-15(13)20-21)10-19-18(22)14-11-23-17-9-5-3-6-12(14)17/h3,5-6,9,11H,2,4,7-8,10H2,1H3,(H,19,22). The molecule has 2 heterocycles. The van der Waals surface area contributed by atoms with E-state index in [1.165, 1.54) is 30.4 Å². The lowest BCUT2D eigenvalue weighted by molar-refractivity contribution is 0.0950. The van der Waals surface area contributed by atoms with Crippen LogP contribution in [0.1, 0.15) is 40.2 Å². The van der Waals surface area contributed by atoms with E-state index in [1.54, 1.807) is 0 Å². The molecule has 0 spiro atoms. The number of hydrogen-bond donors (Lipinski definition) is 1.